The Morgan fingerprint density at radius 1 is 1.27 bits per heavy atom. The van der Waals surface area contributed by atoms with Crippen molar-refractivity contribution >= 4 is 27.2 Å². The fraction of sp³-hybridized carbons (Fsp3) is 0.267. The quantitative estimate of drug-likeness (QED) is 0.533. The van der Waals surface area contributed by atoms with Crippen molar-refractivity contribution in [3.05, 3.63) is 35.7 Å². The van der Waals surface area contributed by atoms with Crippen molar-refractivity contribution in [1.82, 2.24) is 19.6 Å². The van der Waals surface area contributed by atoms with Gasteiger partial charge in [0.05, 0.1) is 6.20 Å². The Hall–Kier alpha value is -2.68. The third-order valence-corrected chi connectivity index (χ3v) is 3.92. The van der Waals surface area contributed by atoms with E-state index in [1.807, 2.05) is 0 Å². The SMILES string of the molecule is [B]C([B])(O)Oc1cc2ncc(-c3nc(N)c(F)cc3F)n2nc1C1CC1. The van der Waals surface area contributed by atoms with Crippen molar-refractivity contribution in [2.24, 2.45) is 0 Å². The monoisotopic (exact) mass is 353 g/mol. The molecular weight excluding hydrogens is 342 g/mol. The second kappa shape index (κ2) is 5.66. The molecule has 1 aliphatic rings. The summed E-state index contributed by atoms with van der Waals surface area (Å²) in [6.45, 7) is 0. The maximum absolute atomic E-state index is 14.2. The molecule has 3 heterocycles. The molecule has 0 aliphatic heterocycles. The maximum atomic E-state index is 14.2. The van der Waals surface area contributed by atoms with Gasteiger partial charge in [0.1, 0.15) is 28.4 Å². The van der Waals surface area contributed by atoms with E-state index in [2.05, 4.69) is 15.1 Å². The van der Waals surface area contributed by atoms with Crippen molar-refractivity contribution in [3.63, 3.8) is 0 Å². The summed E-state index contributed by atoms with van der Waals surface area (Å²) >= 11 is 0. The zero-order valence-corrected chi connectivity index (χ0v) is 13.4. The highest BCUT2D eigenvalue weighted by Crippen LogP contribution is 2.44. The molecule has 0 amide bonds. The predicted octanol–water partition coefficient (Wildman–Crippen LogP) is 0.848. The second-order valence-electron chi connectivity index (χ2n) is 6.12. The first-order valence-corrected chi connectivity index (χ1v) is 7.72. The molecule has 0 spiro atoms. The number of fused-ring (bicyclic) bond motifs is 1. The largest absolute Gasteiger partial charge is 0.480 e. The maximum Gasteiger partial charge on any atom is 0.168 e. The summed E-state index contributed by atoms with van der Waals surface area (Å²) in [5.74, 6) is -2.02. The molecule has 0 saturated heterocycles. The molecule has 3 aromatic rings. The van der Waals surface area contributed by atoms with Crippen LogP contribution in [0.2, 0.25) is 0 Å². The number of halogens is 2. The lowest BCUT2D eigenvalue weighted by Gasteiger charge is -2.23. The van der Waals surface area contributed by atoms with Crippen LogP contribution >= 0.6 is 0 Å². The molecule has 1 fully saturated rings. The van der Waals surface area contributed by atoms with Crippen LogP contribution in [0, 0.1) is 11.6 Å². The molecule has 4 rings (SSSR count). The van der Waals surface area contributed by atoms with Crippen LogP contribution in [0.15, 0.2) is 18.3 Å². The van der Waals surface area contributed by atoms with Crippen molar-refractivity contribution in [1.29, 1.82) is 0 Å². The third-order valence-electron chi connectivity index (χ3n) is 3.92. The van der Waals surface area contributed by atoms with Crippen LogP contribution in [-0.4, -0.2) is 46.0 Å². The van der Waals surface area contributed by atoms with E-state index in [4.69, 9.17) is 26.2 Å². The molecule has 26 heavy (non-hydrogen) atoms. The molecule has 1 saturated carbocycles. The van der Waals surface area contributed by atoms with E-state index in [0.717, 1.165) is 12.8 Å². The summed E-state index contributed by atoms with van der Waals surface area (Å²) in [5, 5.41) is 13.9. The Balaban J connectivity index is 1.89. The highest BCUT2D eigenvalue weighted by molar-refractivity contribution is 6.37. The van der Waals surface area contributed by atoms with Gasteiger partial charge in [-0.1, -0.05) is 0 Å². The van der Waals surface area contributed by atoms with Crippen molar-refractivity contribution < 1.29 is 18.6 Å². The van der Waals surface area contributed by atoms with Gasteiger partial charge >= 0.3 is 0 Å². The van der Waals surface area contributed by atoms with E-state index in [9.17, 15) is 13.9 Å². The molecule has 0 aromatic carbocycles. The Morgan fingerprint density at radius 3 is 2.65 bits per heavy atom. The number of imidazole rings is 1. The summed E-state index contributed by atoms with van der Waals surface area (Å²) in [6, 6.07) is 2.12. The van der Waals surface area contributed by atoms with Gasteiger partial charge in [-0.2, -0.15) is 5.10 Å². The highest BCUT2D eigenvalue weighted by atomic mass is 19.1. The van der Waals surface area contributed by atoms with E-state index >= 15 is 0 Å². The Morgan fingerprint density at radius 2 is 2.00 bits per heavy atom. The molecular formula is C15H11B2F2N5O2. The number of nitrogen functional groups attached to an aromatic ring is 1. The number of aliphatic hydroxyl groups is 1. The molecule has 7 nitrogen and oxygen atoms in total. The van der Waals surface area contributed by atoms with Crippen molar-refractivity contribution in [2.45, 2.75) is 24.3 Å². The lowest BCUT2D eigenvalue weighted by molar-refractivity contribution is 0.0116. The average Bonchev–Trinajstić information content (AvgIpc) is 3.30. The predicted molar refractivity (Wildman–Crippen MR) is 89.6 cm³/mol. The van der Waals surface area contributed by atoms with Crippen LogP contribution in [0.1, 0.15) is 24.5 Å². The van der Waals surface area contributed by atoms with Gasteiger partial charge in [0.2, 0.25) is 0 Å². The van der Waals surface area contributed by atoms with E-state index in [0.29, 0.717) is 11.8 Å². The van der Waals surface area contributed by atoms with Gasteiger partial charge in [0.25, 0.3) is 0 Å². The molecule has 0 bridgehead atoms. The summed E-state index contributed by atoms with van der Waals surface area (Å²) in [4.78, 5) is 7.87. The van der Waals surface area contributed by atoms with Crippen molar-refractivity contribution in [3.8, 4) is 17.1 Å². The molecule has 4 radical (unpaired) electrons. The van der Waals surface area contributed by atoms with Crippen LogP contribution in [0.3, 0.4) is 0 Å². The number of ether oxygens (including phenoxy) is 1. The van der Waals surface area contributed by atoms with E-state index < -0.39 is 23.0 Å². The molecule has 0 unspecified atom stereocenters. The lowest BCUT2D eigenvalue weighted by Crippen LogP contribution is -2.37. The van der Waals surface area contributed by atoms with Gasteiger partial charge < -0.3 is 15.6 Å². The fourth-order valence-corrected chi connectivity index (χ4v) is 2.63. The minimum atomic E-state index is -2.38. The first-order valence-electron chi connectivity index (χ1n) is 7.72. The van der Waals surface area contributed by atoms with Crippen LogP contribution in [0.4, 0.5) is 14.6 Å². The first kappa shape index (κ1) is 16.8. The number of rotatable bonds is 4. The van der Waals surface area contributed by atoms with E-state index in [1.54, 1.807) is 0 Å². The summed E-state index contributed by atoms with van der Waals surface area (Å²) in [7, 11) is 10.6. The highest BCUT2D eigenvalue weighted by Gasteiger charge is 2.31. The van der Waals surface area contributed by atoms with Crippen molar-refractivity contribution in [2.75, 3.05) is 5.73 Å². The van der Waals surface area contributed by atoms with Gasteiger partial charge in [0, 0.05) is 18.1 Å². The van der Waals surface area contributed by atoms with Gasteiger partial charge in [-0.05, 0) is 12.8 Å². The van der Waals surface area contributed by atoms with Crippen LogP contribution < -0.4 is 10.5 Å². The van der Waals surface area contributed by atoms with Gasteiger partial charge in [-0.25, -0.2) is 23.3 Å². The standard InChI is InChI=1S/C15H11B2F2N5O2/c16-15(17,25)26-10-4-11-21-5-9(24(11)23-12(10)6-1-2-6)13-7(18)3-8(19)14(20)22-13/h3-6,25H,1-2H2,(H2,20,22). The van der Waals surface area contributed by atoms with Gasteiger partial charge in [0.15, 0.2) is 38.8 Å². The molecule has 0 atom stereocenters. The molecule has 128 valence electrons. The topological polar surface area (TPSA) is 98.6 Å². The number of pyridine rings is 1. The zero-order chi connectivity index (χ0) is 18.6. The molecule has 3 aromatic heterocycles. The lowest BCUT2D eigenvalue weighted by atomic mass is 9.76. The number of hydrogen-bond acceptors (Lipinski definition) is 6. The molecule has 1 aliphatic carbocycles. The van der Waals surface area contributed by atoms with Crippen LogP contribution in [0.25, 0.3) is 17.0 Å². The first-order chi connectivity index (χ1) is 12.2. The Labute approximate surface area is 149 Å². The zero-order valence-electron chi connectivity index (χ0n) is 13.4. The summed E-state index contributed by atoms with van der Waals surface area (Å²) in [5.41, 5.74) is 3.83. The summed E-state index contributed by atoms with van der Waals surface area (Å²) < 4.78 is 34.0. The van der Waals surface area contributed by atoms with E-state index in [1.165, 1.54) is 16.8 Å². The Kier molecular flexibility index (Phi) is 3.65. The Bertz CT molecular complexity index is 1020. The number of nitrogens with zero attached hydrogens (tertiary/aromatic N) is 4. The molecule has 11 heteroatoms. The van der Waals surface area contributed by atoms with Gasteiger partial charge in [-0.3, -0.25) is 0 Å². The smallest absolute Gasteiger partial charge is 0.168 e. The molecule has 3 N–H and O–H groups in total. The third kappa shape index (κ3) is 2.98. The van der Waals surface area contributed by atoms with E-state index in [-0.39, 0.29) is 28.7 Å². The summed E-state index contributed by atoms with van der Waals surface area (Å²) in [6.07, 6.45) is 3.05. The number of hydrogen-bond donors (Lipinski definition) is 2. The fourth-order valence-electron chi connectivity index (χ4n) is 2.63. The minimum absolute atomic E-state index is 0.0862. The minimum Gasteiger partial charge on any atom is -0.480 e. The normalized spacial score (nSPS) is 14.7. The number of aromatic nitrogens is 4. The van der Waals surface area contributed by atoms with Gasteiger partial charge in [-0.15, -0.1) is 0 Å². The number of anilines is 1. The number of nitrogens with two attached hydrogens (primary N) is 1. The second-order valence-corrected chi connectivity index (χ2v) is 6.12. The van der Waals surface area contributed by atoms with Crippen LogP contribution in [0.5, 0.6) is 5.75 Å². The average molecular weight is 353 g/mol. The van der Waals surface area contributed by atoms with Crippen LogP contribution in [-0.2, 0) is 0 Å².